The highest BCUT2D eigenvalue weighted by Crippen LogP contribution is 2.27. The third-order valence-corrected chi connectivity index (χ3v) is 7.15. The van der Waals surface area contributed by atoms with E-state index in [-0.39, 0.29) is 5.91 Å². The molecule has 4 rings (SSSR count). The summed E-state index contributed by atoms with van der Waals surface area (Å²) in [5.74, 6) is 2.76. The Morgan fingerprint density at radius 1 is 1.18 bits per heavy atom. The predicted octanol–water partition coefficient (Wildman–Crippen LogP) is 3.89. The summed E-state index contributed by atoms with van der Waals surface area (Å²) in [6, 6.07) is 14.1. The van der Waals surface area contributed by atoms with Gasteiger partial charge >= 0.3 is 0 Å². The van der Waals surface area contributed by atoms with Crippen LogP contribution in [-0.2, 0) is 11.3 Å². The van der Waals surface area contributed by atoms with E-state index < -0.39 is 0 Å². The normalized spacial score (nSPS) is 14.4. The summed E-state index contributed by atoms with van der Waals surface area (Å²) in [5, 5.41) is 12.7. The Morgan fingerprint density at radius 2 is 1.97 bits per heavy atom. The molecule has 3 heterocycles. The average molecular weight is 483 g/mol. The molecule has 8 nitrogen and oxygen atoms in total. The van der Waals surface area contributed by atoms with Crippen molar-refractivity contribution in [2.24, 2.45) is 5.92 Å². The summed E-state index contributed by atoms with van der Waals surface area (Å²) >= 11 is 1.42. The van der Waals surface area contributed by atoms with Crippen molar-refractivity contribution in [3.8, 4) is 0 Å². The number of hydrogen-bond donors (Lipinski definition) is 1. The Balaban J connectivity index is 1.29. The SMILES string of the molecule is CC1CCN(c2nnc(SCC(=O)NCCCN(C)c3ccccc3)n2Cc2ccco2)CC1. The van der Waals surface area contributed by atoms with E-state index in [9.17, 15) is 4.79 Å². The van der Waals surface area contributed by atoms with Crippen molar-refractivity contribution in [1.29, 1.82) is 0 Å². The van der Waals surface area contributed by atoms with Gasteiger partial charge in [0.25, 0.3) is 0 Å². The largest absolute Gasteiger partial charge is 0.467 e. The fourth-order valence-electron chi connectivity index (χ4n) is 4.06. The lowest BCUT2D eigenvalue weighted by atomic mass is 10.00. The molecule has 1 saturated heterocycles. The maximum atomic E-state index is 12.5. The highest BCUT2D eigenvalue weighted by atomic mass is 32.2. The van der Waals surface area contributed by atoms with E-state index in [0.717, 1.165) is 61.7 Å². The van der Waals surface area contributed by atoms with Crippen LogP contribution in [0.25, 0.3) is 0 Å². The Labute approximate surface area is 205 Å². The summed E-state index contributed by atoms with van der Waals surface area (Å²) in [5.41, 5.74) is 1.18. The van der Waals surface area contributed by atoms with Crippen LogP contribution in [0.5, 0.6) is 0 Å². The first-order chi connectivity index (χ1) is 16.6. The third-order valence-electron chi connectivity index (χ3n) is 6.18. The molecule has 1 N–H and O–H groups in total. The molecule has 0 spiro atoms. The second kappa shape index (κ2) is 12.0. The highest BCUT2D eigenvalue weighted by Gasteiger charge is 2.23. The molecule has 1 aliphatic rings. The summed E-state index contributed by atoms with van der Waals surface area (Å²) in [6.07, 6.45) is 4.86. The molecule has 1 fully saturated rings. The van der Waals surface area contributed by atoms with Crippen LogP contribution in [0.1, 0.15) is 31.9 Å². The van der Waals surface area contributed by atoms with Crippen molar-refractivity contribution < 1.29 is 9.21 Å². The fraction of sp³-hybridized carbons (Fsp3) is 0.480. The van der Waals surface area contributed by atoms with Crippen LogP contribution in [0.4, 0.5) is 11.6 Å². The van der Waals surface area contributed by atoms with Crippen LogP contribution in [0.2, 0.25) is 0 Å². The zero-order valence-electron chi connectivity index (χ0n) is 20.0. The van der Waals surface area contributed by atoms with Gasteiger partial charge < -0.3 is 19.5 Å². The van der Waals surface area contributed by atoms with Gasteiger partial charge in [0.05, 0.1) is 18.6 Å². The molecule has 1 aromatic carbocycles. The minimum Gasteiger partial charge on any atom is -0.467 e. The van der Waals surface area contributed by atoms with Gasteiger partial charge in [-0.1, -0.05) is 36.9 Å². The predicted molar refractivity (Wildman–Crippen MR) is 137 cm³/mol. The molecule has 2 aromatic heterocycles. The third kappa shape index (κ3) is 6.56. The van der Waals surface area contributed by atoms with Gasteiger partial charge in [-0.2, -0.15) is 0 Å². The molecule has 34 heavy (non-hydrogen) atoms. The number of furan rings is 1. The molecule has 9 heteroatoms. The van der Waals surface area contributed by atoms with E-state index in [1.807, 2.05) is 30.3 Å². The van der Waals surface area contributed by atoms with Gasteiger partial charge in [-0.25, -0.2) is 0 Å². The number of amides is 1. The van der Waals surface area contributed by atoms with Crippen molar-refractivity contribution >= 4 is 29.3 Å². The Kier molecular flexibility index (Phi) is 8.51. The number of thioether (sulfide) groups is 1. The molecular formula is C25H34N6O2S. The van der Waals surface area contributed by atoms with Gasteiger partial charge in [0, 0.05) is 38.9 Å². The molecule has 1 amide bonds. The first-order valence-electron chi connectivity index (χ1n) is 12.0. The number of anilines is 2. The van der Waals surface area contributed by atoms with Gasteiger partial charge in [0.15, 0.2) is 5.16 Å². The number of carbonyl (C=O) groups excluding carboxylic acids is 1. The highest BCUT2D eigenvalue weighted by molar-refractivity contribution is 7.99. The van der Waals surface area contributed by atoms with E-state index in [4.69, 9.17) is 4.42 Å². The summed E-state index contributed by atoms with van der Waals surface area (Å²) in [4.78, 5) is 17.0. The van der Waals surface area contributed by atoms with Crippen LogP contribution in [0, 0.1) is 5.92 Å². The molecule has 0 radical (unpaired) electrons. The first-order valence-corrected chi connectivity index (χ1v) is 12.9. The lowest BCUT2D eigenvalue weighted by molar-refractivity contribution is -0.118. The maximum Gasteiger partial charge on any atom is 0.230 e. The van der Waals surface area contributed by atoms with Crippen molar-refractivity contribution in [2.45, 2.75) is 37.9 Å². The fourth-order valence-corrected chi connectivity index (χ4v) is 4.83. The molecule has 3 aromatic rings. The molecule has 182 valence electrons. The maximum absolute atomic E-state index is 12.5. The molecule has 0 aliphatic carbocycles. The van der Waals surface area contributed by atoms with Crippen LogP contribution >= 0.6 is 11.8 Å². The van der Waals surface area contributed by atoms with Crippen LogP contribution < -0.4 is 15.1 Å². The monoisotopic (exact) mass is 482 g/mol. The molecular weight excluding hydrogens is 448 g/mol. The van der Waals surface area contributed by atoms with Gasteiger partial charge in [0.1, 0.15) is 5.76 Å². The number of nitrogens with one attached hydrogen (secondary N) is 1. The zero-order valence-corrected chi connectivity index (χ0v) is 20.8. The summed E-state index contributed by atoms with van der Waals surface area (Å²) in [7, 11) is 2.07. The lowest BCUT2D eigenvalue weighted by Crippen LogP contribution is -2.35. The minimum atomic E-state index is 0.00765. The minimum absolute atomic E-state index is 0.00765. The average Bonchev–Trinajstić information content (AvgIpc) is 3.52. The number of piperidine rings is 1. The zero-order chi connectivity index (χ0) is 23.8. The Morgan fingerprint density at radius 3 is 2.71 bits per heavy atom. The van der Waals surface area contributed by atoms with E-state index in [2.05, 4.69) is 56.0 Å². The smallest absolute Gasteiger partial charge is 0.230 e. The van der Waals surface area contributed by atoms with Crippen molar-refractivity contribution in [1.82, 2.24) is 20.1 Å². The lowest BCUT2D eigenvalue weighted by Gasteiger charge is -2.31. The molecule has 0 saturated carbocycles. The number of carbonyl (C=O) groups is 1. The van der Waals surface area contributed by atoms with Gasteiger partial charge in [0.2, 0.25) is 11.9 Å². The van der Waals surface area contributed by atoms with Crippen LogP contribution in [0.15, 0.2) is 58.3 Å². The second-order valence-corrected chi connectivity index (χ2v) is 9.81. The van der Waals surface area contributed by atoms with E-state index in [0.29, 0.717) is 18.8 Å². The van der Waals surface area contributed by atoms with Crippen molar-refractivity contribution in [2.75, 3.05) is 48.8 Å². The van der Waals surface area contributed by atoms with E-state index >= 15 is 0 Å². The summed E-state index contributed by atoms with van der Waals surface area (Å²) < 4.78 is 7.65. The Hall–Kier alpha value is -2.94. The van der Waals surface area contributed by atoms with Crippen LogP contribution in [-0.4, -0.2) is 59.7 Å². The number of rotatable bonds is 11. The van der Waals surface area contributed by atoms with Gasteiger partial charge in [-0.3, -0.25) is 9.36 Å². The van der Waals surface area contributed by atoms with Gasteiger partial charge in [-0.05, 0) is 49.4 Å². The van der Waals surface area contributed by atoms with Gasteiger partial charge in [-0.15, -0.1) is 10.2 Å². The number of nitrogens with zero attached hydrogens (tertiary/aromatic N) is 5. The quantitative estimate of drug-likeness (QED) is 0.328. The number of para-hydroxylation sites is 1. The molecule has 0 bridgehead atoms. The number of benzene rings is 1. The van der Waals surface area contributed by atoms with Crippen molar-refractivity contribution in [3.05, 3.63) is 54.5 Å². The molecule has 1 aliphatic heterocycles. The molecule has 0 atom stereocenters. The second-order valence-electron chi connectivity index (χ2n) is 8.87. The topological polar surface area (TPSA) is 79.4 Å². The number of aromatic nitrogens is 3. The number of hydrogen-bond acceptors (Lipinski definition) is 7. The first kappa shape index (κ1) is 24.2. The van der Waals surface area contributed by atoms with E-state index in [1.54, 1.807) is 6.26 Å². The van der Waals surface area contributed by atoms with Crippen molar-refractivity contribution in [3.63, 3.8) is 0 Å². The standard InChI is InChI=1S/C25H34N6O2S/c1-20-11-15-30(16-12-20)24-27-28-25(31(24)18-22-10-6-17-33-22)34-19-23(32)26-13-7-14-29(2)21-8-4-3-5-9-21/h3-6,8-10,17,20H,7,11-16,18-19H2,1-2H3,(H,26,32). The van der Waals surface area contributed by atoms with E-state index in [1.165, 1.54) is 17.4 Å². The summed E-state index contributed by atoms with van der Waals surface area (Å²) in [6.45, 7) is 6.32. The van der Waals surface area contributed by atoms with Crippen LogP contribution in [0.3, 0.4) is 0 Å². The Bertz CT molecular complexity index is 1020. The molecule has 0 unspecified atom stereocenters.